The van der Waals surface area contributed by atoms with E-state index >= 15 is 0 Å². The second-order valence-electron chi connectivity index (χ2n) is 4.49. The number of hydrogen-bond acceptors (Lipinski definition) is 2. The van der Waals surface area contributed by atoms with Crippen LogP contribution in [-0.4, -0.2) is 11.2 Å². The first-order chi connectivity index (χ1) is 9.99. The third-order valence-corrected chi connectivity index (χ3v) is 3.50. The Morgan fingerprint density at radius 1 is 1.24 bits per heavy atom. The zero-order valence-electron chi connectivity index (χ0n) is 11.3. The van der Waals surface area contributed by atoms with Crippen LogP contribution in [0.5, 0.6) is 5.75 Å². The van der Waals surface area contributed by atoms with Crippen LogP contribution in [0.15, 0.2) is 42.5 Å². The van der Waals surface area contributed by atoms with Crippen LogP contribution < -0.4 is 4.74 Å². The molecule has 0 amide bonds. The van der Waals surface area contributed by atoms with Crippen molar-refractivity contribution in [3.63, 3.8) is 0 Å². The molecular formula is C16H13Cl2FO2. The summed E-state index contributed by atoms with van der Waals surface area (Å²) in [5.74, 6) is -0.0428. The number of Topliss-reactive ketones (excluding diaryl/α,β-unsaturated/α-hetero) is 1. The van der Waals surface area contributed by atoms with E-state index in [0.717, 1.165) is 0 Å². The molecule has 0 aromatic heterocycles. The molecule has 0 heterocycles. The highest BCUT2D eigenvalue weighted by atomic mass is 35.5. The van der Waals surface area contributed by atoms with E-state index in [4.69, 9.17) is 27.9 Å². The Bertz CT molecular complexity index is 619. The van der Waals surface area contributed by atoms with Crippen molar-refractivity contribution >= 4 is 29.0 Å². The number of carbonyl (C=O) groups is 1. The highest BCUT2D eigenvalue weighted by Crippen LogP contribution is 2.22. The Kier molecular flexibility index (Phi) is 5.21. The van der Waals surface area contributed by atoms with Crippen molar-refractivity contribution in [2.24, 2.45) is 0 Å². The second kappa shape index (κ2) is 6.92. The first kappa shape index (κ1) is 15.8. The topological polar surface area (TPSA) is 26.3 Å². The molecule has 5 heteroatoms. The van der Waals surface area contributed by atoms with Gasteiger partial charge in [-0.15, -0.1) is 11.6 Å². The van der Waals surface area contributed by atoms with Crippen molar-refractivity contribution in [3.05, 3.63) is 64.4 Å². The lowest BCUT2D eigenvalue weighted by atomic mass is 10.1. The number of hydrogen-bond donors (Lipinski definition) is 0. The lowest BCUT2D eigenvalue weighted by Gasteiger charge is -2.09. The van der Waals surface area contributed by atoms with Crippen LogP contribution >= 0.6 is 23.2 Å². The second-order valence-corrected chi connectivity index (χ2v) is 5.56. The lowest BCUT2D eigenvalue weighted by Crippen LogP contribution is -2.10. The molecule has 2 aromatic rings. The average Bonchev–Trinajstić information content (AvgIpc) is 2.46. The predicted octanol–water partition coefficient (Wildman–Crippen LogP) is 4.87. The van der Waals surface area contributed by atoms with Gasteiger partial charge in [0.15, 0.2) is 5.78 Å². The van der Waals surface area contributed by atoms with Gasteiger partial charge in [-0.3, -0.25) is 4.79 Å². The molecule has 0 radical (unpaired) electrons. The van der Waals surface area contributed by atoms with Crippen LogP contribution in [0.2, 0.25) is 5.02 Å². The summed E-state index contributed by atoms with van der Waals surface area (Å²) in [5, 5.41) is -0.258. The van der Waals surface area contributed by atoms with Crippen molar-refractivity contribution in [3.8, 4) is 5.75 Å². The summed E-state index contributed by atoms with van der Waals surface area (Å²) in [4.78, 5) is 11.7. The fraction of sp³-hybridized carbons (Fsp3) is 0.188. The van der Waals surface area contributed by atoms with E-state index in [1.165, 1.54) is 12.1 Å². The zero-order chi connectivity index (χ0) is 15.4. The maximum Gasteiger partial charge on any atom is 0.180 e. The zero-order valence-corrected chi connectivity index (χ0v) is 12.8. The number of halogens is 3. The Hall–Kier alpha value is -1.58. The largest absolute Gasteiger partial charge is 0.489 e. The third-order valence-electron chi connectivity index (χ3n) is 2.94. The smallest absolute Gasteiger partial charge is 0.180 e. The van der Waals surface area contributed by atoms with Gasteiger partial charge in [0.05, 0.1) is 10.4 Å². The van der Waals surface area contributed by atoms with E-state index in [2.05, 4.69) is 0 Å². The molecule has 0 aliphatic heterocycles. The summed E-state index contributed by atoms with van der Waals surface area (Å²) in [7, 11) is 0. The number of ether oxygens (including phenoxy) is 1. The Balaban J connectivity index is 2.06. The number of rotatable bonds is 5. The summed E-state index contributed by atoms with van der Waals surface area (Å²) in [6.07, 6.45) is 0. The molecule has 1 unspecified atom stereocenters. The fourth-order valence-electron chi connectivity index (χ4n) is 1.77. The van der Waals surface area contributed by atoms with Crippen molar-refractivity contribution < 1.29 is 13.9 Å². The number of alkyl halides is 1. The summed E-state index contributed by atoms with van der Waals surface area (Å²) < 4.78 is 19.1. The molecule has 2 nitrogen and oxygen atoms in total. The minimum absolute atomic E-state index is 0.0186. The van der Waals surface area contributed by atoms with Crippen LogP contribution in [0.3, 0.4) is 0 Å². The van der Waals surface area contributed by atoms with E-state index in [1.807, 2.05) is 0 Å². The highest BCUT2D eigenvalue weighted by molar-refractivity contribution is 6.33. The molecule has 0 aliphatic rings. The molecule has 0 fully saturated rings. The van der Waals surface area contributed by atoms with Gasteiger partial charge in [0.25, 0.3) is 0 Å². The molecular weight excluding hydrogens is 314 g/mol. The first-order valence-electron chi connectivity index (χ1n) is 6.33. The van der Waals surface area contributed by atoms with Crippen molar-refractivity contribution in [1.82, 2.24) is 0 Å². The number of ketones is 1. The van der Waals surface area contributed by atoms with Crippen molar-refractivity contribution in [2.45, 2.75) is 18.9 Å². The quantitative estimate of drug-likeness (QED) is 0.579. The molecule has 1 atom stereocenters. The van der Waals surface area contributed by atoms with Gasteiger partial charge in [0, 0.05) is 11.1 Å². The third kappa shape index (κ3) is 3.96. The number of benzene rings is 2. The highest BCUT2D eigenvalue weighted by Gasteiger charge is 2.12. The van der Waals surface area contributed by atoms with Gasteiger partial charge in [-0.1, -0.05) is 17.7 Å². The van der Waals surface area contributed by atoms with E-state index in [0.29, 0.717) is 21.9 Å². The van der Waals surface area contributed by atoms with Crippen LogP contribution in [0.4, 0.5) is 4.39 Å². The summed E-state index contributed by atoms with van der Waals surface area (Å²) in [6, 6.07) is 11.0. The maximum absolute atomic E-state index is 13.6. The van der Waals surface area contributed by atoms with Gasteiger partial charge in [-0.2, -0.15) is 0 Å². The average molecular weight is 327 g/mol. The van der Waals surface area contributed by atoms with Gasteiger partial charge in [0.1, 0.15) is 18.2 Å². The molecule has 0 aliphatic carbocycles. The van der Waals surface area contributed by atoms with Gasteiger partial charge < -0.3 is 4.74 Å². The van der Waals surface area contributed by atoms with Crippen LogP contribution in [0.25, 0.3) is 0 Å². The molecule has 0 bridgehead atoms. The van der Waals surface area contributed by atoms with Crippen molar-refractivity contribution in [1.29, 1.82) is 0 Å². The van der Waals surface area contributed by atoms with Gasteiger partial charge in [-0.05, 0) is 43.3 Å². The Morgan fingerprint density at radius 3 is 2.48 bits per heavy atom. The van der Waals surface area contributed by atoms with E-state index in [-0.39, 0.29) is 12.4 Å². The van der Waals surface area contributed by atoms with Gasteiger partial charge in [0.2, 0.25) is 0 Å². The molecule has 0 N–H and O–H groups in total. The molecule has 0 saturated carbocycles. The molecule has 2 rings (SSSR count). The molecule has 21 heavy (non-hydrogen) atoms. The van der Waals surface area contributed by atoms with E-state index in [9.17, 15) is 9.18 Å². The molecule has 2 aromatic carbocycles. The van der Waals surface area contributed by atoms with Crippen LogP contribution in [0, 0.1) is 5.82 Å². The normalized spacial score (nSPS) is 12.0. The minimum atomic E-state index is -0.575. The van der Waals surface area contributed by atoms with Crippen LogP contribution in [-0.2, 0) is 6.61 Å². The summed E-state index contributed by atoms with van der Waals surface area (Å²) in [6.45, 7) is 1.64. The minimum Gasteiger partial charge on any atom is -0.489 e. The number of carbonyl (C=O) groups excluding carboxylic acids is 1. The van der Waals surface area contributed by atoms with Crippen LogP contribution in [0.1, 0.15) is 22.8 Å². The standard InChI is InChI=1S/C16H13Cl2FO2/c1-10(17)16(20)11-5-7-12(8-6-11)21-9-13-14(18)3-2-4-15(13)19/h2-8,10H,9H2,1H3. The maximum atomic E-state index is 13.6. The predicted molar refractivity (Wildman–Crippen MR) is 81.8 cm³/mol. The Labute approximate surface area is 132 Å². The van der Waals surface area contributed by atoms with Crippen molar-refractivity contribution in [2.75, 3.05) is 0 Å². The lowest BCUT2D eigenvalue weighted by molar-refractivity contribution is 0.0991. The van der Waals surface area contributed by atoms with E-state index < -0.39 is 11.2 Å². The summed E-state index contributed by atoms with van der Waals surface area (Å²) >= 11 is 11.7. The van der Waals surface area contributed by atoms with Gasteiger partial charge >= 0.3 is 0 Å². The molecule has 0 spiro atoms. The SMILES string of the molecule is CC(Cl)C(=O)c1ccc(OCc2c(F)cccc2Cl)cc1. The Morgan fingerprint density at radius 2 is 1.90 bits per heavy atom. The molecule has 110 valence electrons. The fourth-order valence-corrected chi connectivity index (χ4v) is 2.11. The molecule has 0 saturated heterocycles. The van der Waals surface area contributed by atoms with E-state index in [1.54, 1.807) is 37.3 Å². The summed E-state index contributed by atoms with van der Waals surface area (Å²) in [5.41, 5.74) is 0.808. The monoisotopic (exact) mass is 326 g/mol. The first-order valence-corrected chi connectivity index (χ1v) is 7.14. The van der Waals surface area contributed by atoms with Gasteiger partial charge in [-0.25, -0.2) is 4.39 Å².